The van der Waals surface area contributed by atoms with Crippen LogP contribution in [0.5, 0.6) is 0 Å². The summed E-state index contributed by atoms with van der Waals surface area (Å²) >= 11 is 0.511. The summed E-state index contributed by atoms with van der Waals surface area (Å²) in [6.45, 7) is 7.92. The van der Waals surface area contributed by atoms with Gasteiger partial charge in [-0.1, -0.05) is 28.7 Å². The lowest BCUT2D eigenvalue weighted by atomic mass is 10.1. The second-order valence-electron chi connectivity index (χ2n) is 6.00. The Bertz CT molecular complexity index is 626. The van der Waals surface area contributed by atoms with Gasteiger partial charge in [0.25, 0.3) is 0 Å². The van der Waals surface area contributed by atoms with Gasteiger partial charge in [0.15, 0.2) is 0 Å². The first-order valence-electron chi connectivity index (χ1n) is 6.95. The summed E-state index contributed by atoms with van der Waals surface area (Å²) in [5.41, 5.74) is 2.66. The van der Waals surface area contributed by atoms with Gasteiger partial charge in [0, 0.05) is 11.3 Å². The van der Waals surface area contributed by atoms with Crippen molar-refractivity contribution in [3.8, 4) is 0 Å². The number of hydrogen-bond acceptors (Lipinski definition) is 3. The zero-order valence-corrected chi connectivity index (χ0v) is 14.6. The van der Waals surface area contributed by atoms with Gasteiger partial charge in [0.05, 0.1) is 11.1 Å². The SMILES string of the molecule is Cc1ccccc1Cc1ccc(C=N[S+]([O-])C(C)(C)C)s1. The highest BCUT2D eigenvalue weighted by Gasteiger charge is 2.25. The van der Waals surface area contributed by atoms with Crippen molar-refractivity contribution in [2.45, 2.75) is 38.9 Å². The minimum Gasteiger partial charge on any atom is -0.591 e. The van der Waals surface area contributed by atoms with E-state index in [0.717, 1.165) is 11.3 Å². The molecular weight excluding hydrogens is 298 g/mol. The summed E-state index contributed by atoms with van der Waals surface area (Å²) in [5, 5.41) is 0. The Balaban J connectivity index is 2.05. The Hall–Kier alpha value is -1.10. The van der Waals surface area contributed by atoms with E-state index in [4.69, 9.17) is 0 Å². The smallest absolute Gasteiger partial charge is 0.144 e. The lowest BCUT2D eigenvalue weighted by Gasteiger charge is -2.17. The Morgan fingerprint density at radius 1 is 1.19 bits per heavy atom. The molecule has 1 aromatic carbocycles. The Morgan fingerprint density at radius 2 is 1.90 bits per heavy atom. The Morgan fingerprint density at radius 3 is 2.57 bits per heavy atom. The number of rotatable bonds is 4. The zero-order valence-electron chi connectivity index (χ0n) is 12.9. The van der Waals surface area contributed by atoms with Crippen molar-refractivity contribution in [1.82, 2.24) is 0 Å². The average Bonchev–Trinajstić information content (AvgIpc) is 2.85. The molecule has 1 unspecified atom stereocenters. The standard InChI is InChI=1S/C17H21NOS2/c1-13-7-5-6-8-14(13)11-15-9-10-16(20-15)12-18-21(19)17(2,3)4/h5-10,12H,11H2,1-4H3. The van der Waals surface area contributed by atoms with Crippen LogP contribution < -0.4 is 0 Å². The normalized spacial score (nSPS) is 13.8. The van der Waals surface area contributed by atoms with E-state index in [-0.39, 0.29) is 4.75 Å². The third-order valence-electron chi connectivity index (χ3n) is 3.11. The fraction of sp³-hybridized carbons (Fsp3) is 0.353. The summed E-state index contributed by atoms with van der Waals surface area (Å²) in [7, 11) is 0. The van der Waals surface area contributed by atoms with Gasteiger partial charge in [0.2, 0.25) is 0 Å². The van der Waals surface area contributed by atoms with Crippen LogP contribution in [0.4, 0.5) is 0 Å². The molecule has 1 aromatic heterocycles. The molecule has 1 atom stereocenters. The summed E-state index contributed by atoms with van der Waals surface area (Å²) in [5.74, 6) is 0. The van der Waals surface area contributed by atoms with Crippen LogP contribution in [0.2, 0.25) is 0 Å². The molecule has 0 aliphatic rings. The van der Waals surface area contributed by atoms with Crippen molar-refractivity contribution >= 4 is 28.9 Å². The molecule has 0 aliphatic heterocycles. The quantitative estimate of drug-likeness (QED) is 0.602. The van der Waals surface area contributed by atoms with Crippen molar-refractivity contribution in [2.24, 2.45) is 4.40 Å². The number of nitrogens with zero attached hydrogens (tertiary/aromatic N) is 1. The molecular formula is C17H21NOS2. The number of aryl methyl sites for hydroxylation is 1. The van der Waals surface area contributed by atoms with E-state index in [0.29, 0.717) is 0 Å². The summed E-state index contributed by atoms with van der Waals surface area (Å²) in [6, 6.07) is 12.6. The van der Waals surface area contributed by atoms with Crippen molar-refractivity contribution in [2.75, 3.05) is 0 Å². The summed E-state index contributed by atoms with van der Waals surface area (Å²) in [6.07, 6.45) is 2.67. The first-order valence-corrected chi connectivity index (χ1v) is 8.88. The van der Waals surface area contributed by atoms with E-state index >= 15 is 0 Å². The number of benzene rings is 1. The van der Waals surface area contributed by atoms with Gasteiger partial charge in [-0.05, 0) is 51.0 Å². The van der Waals surface area contributed by atoms with Gasteiger partial charge in [-0.25, -0.2) is 0 Å². The summed E-state index contributed by atoms with van der Waals surface area (Å²) < 4.78 is 15.8. The highest BCUT2D eigenvalue weighted by Crippen LogP contribution is 2.22. The molecule has 112 valence electrons. The largest absolute Gasteiger partial charge is 0.591 e. The molecule has 0 aliphatic carbocycles. The molecule has 0 saturated carbocycles. The maximum absolute atomic E-state index is 11.9. The van der Waals surface area contributed by atoms with Crippen LogP contribution in [-0.2, 0) is 17.8 Å². The van der Waals surface area contributed by atoms with Gasteiger partial charge >= 0.3 is 0 Å². The predicted molar refractivity (Wildman–Crippen MR) is 93.8 cm³/mol. The molecule has 2 aromatic rings. The average molecular weight is 319 g/mol. The molecule has 2 nitrogen and oxygen atoms in total. The van der Waals surface area contributed by atoms with Crippen LogP contribution in [0.25, 0.3) is 0 Å². The molecule has 0 radical (unpaired) electrons. The topological polar surface area (TPSA) is 35.4 Å². The molecule has 21 heavy (non-hydrogen) atoms. The molecule has 0 spiro atoms. The molecule has 0 saturated heterocycles. The van der Waals surface area contributed by atoms with E-state index in [1.54, 1.807) is 17.6 Å². The molecule has 1 heterocycles. The highest BCUT2D eigenvalue weighted by molar-refractivity contribution is 7.91. The van der Waals surface area contributed by atoms with Crippen LogP contribution in [0.3, 0.4) is 0 Å². The first-order chi connectivity index (χ1) is 9.86. The lowest BCUT2D eigenvalue weighted by molar-refractivity contribution is 0.562. The highest BCUT2D eigenvalue weighted by atomic mass is 32.2. The Kier molecular flexibility index (Phi) is 5.25. The van der Waals surface area contributed by atoms with E-state index in [9.17, 15) is 4.55 Å². The van der Waals surface area contributed by atoms with Gasteiger partial charge in [0.1, 0.15) is 16.1 Å². The van der Waals surface area contributed by atoms with Crippen molar-refractivity contribution in [1.29, 1.82) is 0 Å². The maximum atomic E-state index is 11.9. The van der Waals surface area contributed by atoms with Gasteiger partial charge in [-0.3, -0.25) is 0 Å². The van der Waals surface area contributed by atoms with Crippen LogP contribution in [0, 0.1) is 6.92 Å². The molecule has 2 rings (SSSR count). The van der Waals surface area contributed by atoms with E-state index in [1.165, 1.54) is 16.0 Å². The zero-order chi connectivity index (χ0) is 15.5. The predicted octanol–water partition coefficient (Wildman–Crippen LogP) is 4.53. The maximum Gasteiger partial charge on any atom is 0.144 e. The van der Waals surface area contributed by atoms with E-state index in [2.05, 4.69) is 41.7 Å². The second-order valence-corrected chi connectivity index (χ2v) is 9.14. The molecule has 0 N–H and O–H groups in total. The third-order valence-corrected chi connectivity index (χ3v) is 5.47. The number of thiophene rings is 1. The van der Waals surface area contributed by atoms with E-state index in [1.807, 2.05) is 26.8 Å². The second kappa shape index (κ2) is 6.77. The van der Waals surface area contributed by atoms with Crippen molar-refractivity contribution in [3.05, 3.63) is 57.3 Å². The fourth-order valence-electron chi connectivity index (χ4n) is 1.81. The Labute approximate surface area is 134 Å². The summed E-state index contributed by atoms with van der Waals surface area (Å²) in [4.78, 5) is 2.35. The van der Waals surface area contributed by atoms with Gasteiger partial charge in [-0.15, -0.1) is 11.3 Å². The van der Waals surface area contributed by atoms with Crippen molar-refractivity contribution in [3.63, 3.8) is 0 Å². The monoisotopic (exact) mass is 319 g/mol. The van der Waals surface area contributed by atoms with Crippen LogP contribution in [0.1, 0.15) is 41.7 Å². The molecule has 0 amide bonds. The van der Waals surface area contributed by atoms with Crippen LogP contribution >= 0.6 is 11.3 Å². The van der Waals surface area contributed by atoms with Crippen LogP contribution in [-0.4, -0.2) is 15.5 Å². The minimum absolute atomic E-state index is 0.308. The molecule has 4 heteroatoms. The van der Waals surface area contributed by atoms with Gasteiger partial charge in [-0.2, -0.15) is 0 Å². The third kappa shape index (κ3) is 4.70. The van der Waals surface area contributed by atoms with Crippen LogP contribution in [0.15, 0.2) is 40.8 Å². The fourth-order valence-corrected chi connectivity index (χ4v) is 3.31. The molecule has 0 fully saturated rings. The first kappa shape index (κ1) is 16.3. The van der Waals surface area contributed by atoms with Gasteiger partial charge < -0.3 is 4.55 Å². The number of hydrogen-bond donors (Lipinski definition) is 0. The molecule has 0 bridgehead atoms. The lowest BCUT2D eigenvalue weighted by Crippen LogP contribution is -2.25. The van der Waals surface area contributed by atoms with E-state index < -0.39 is 11.4 Å². The minimum atomic E-state index is -1.19. The van der Waals surface area contributed by atoms with Crippen molar-refractivity contribution < 1.29 is 4.55 Å².